The summed E-state index contributed by atoms with van der Waals surface area (Å²) < 4.78 is 0. The third-order valence-corrected chi connectivity index (χ3v) is 4.63. The SMILES string of the molecule is CN(C)C1(CC2CCCC2)CCNCC1. The number of nitrogens with one attached hydrogen (secondary N) is 1. The Morgan fingerprint density at radius 2 is 1.73 bits per heavy atom. The van der Waals surface area contributed by atoms with Crippen molar-refractivity contribution in [2.45, 2.75) is 50.5 Å². The number of nitrogens with zero attached hydrogens (tertiary/aromatic N) is 1. The highest BCUT2D eigenvalue weighted by Crippen LogP contribution is 2.37. The highest BCUT2D eigenvalue weighted by Gasteiger charge is 2.36. The second-order valence-electron chi connectivity index (χ2n) is 5.72. The van der Waals surface area contributed by atoms with E-state index >= 15 is 0 Å². The molecule has 0 aromatic carbocycles. The van der Waals surface area contributed by atoms with E-state index in [0.29, 0.717) is 5.54 Å². The van der Waals surface area contributed by atoms with Crippen molar-refractivity contribution in [1.29, 1.82) is 0 Å². The summed E-state index contributed by atoms with van der Waals surface area (Å²) in [5, 5.41) is 3.49. The zero-order valence-corrected chi connectivity index (χ0v) is 10.4. The first-order valence-electron chi connectivity index (χ1n) is 6.61. The summed E-state index contributed by atoms with van der Waals surface area (Å²) in [7, 11) is 4.56. The van der Waals surface area contributed by atoms with Crippen LogP contribution in [0.3, 0.4) is 0 Å². The summed E-state index contributed by atoms with van der Waals surface area (Å²) in [6.45, 7) is 2.43. The Morgan fingerprint density at radius 1 is 1.13 bits per heavy atom. The van der Waals surface area contributed by atoms with Gasteiger partial charge in [0.1, 0.15) is 0 Å². The lowest BCUT2D eigenvalue weighted by Crippen LogP contribution is -2.52. The van der Waals surface area contributed by atoms with Crippen molar-refractivity contribution >= 4 is 0 Å². The molecule has 1 saturated heterocycles. The largest absolute Gasteiger partial charge is 0.317 e. The van der Waals surface area contributed by atoms with Crippen molar-refractivity contribution in [2.75, 3.05) is 27.2 Å². The lowest BCUT2D eigenvalue weighted by atomic mass is 9.78. The zero-order chi connectivity index (χ0) is 10.7. The highest BCUT2D eigenvalue weighted by molar-refractivity contribution is 4.94. The minimum Gasteiger partial charge on any atom is -0.317 e. The molecule has 1 aliphatic carbocycles. The standard InChI is InChI=1S/C13H26N2/c1-15(2)13(7-9-14-10-8-13)11-12-5-3-4-6-12/h12,14H,3-11H2,1-2H3. The summed E-state index contributed by atoms with van der Waals surface area (Å²) in [5.41, 5.74) is 0.514. The molecule has 1 aliphatic heterocycles. The first-order valence-corrected chi connectivity index (χ1v) is 6.61. The smallest absolute Gasteiger partial charge is 0.0230 e. The fourth-order valence-electron chi connectivity index (χ4n) is 3.48. The molecule has 2 nitrogen and oxygen atoms in total. The molecule has 2 aliphatic rings. The molecule has 0 atom stereocenters. The van der Waals surface area contributed by atoms with Gasteiger partial charge in [0.25, 0.3) is 0 Å². The molecule has 1 N–H and O–H groups in total. The lowest BCUT2D eigenvalue weighted by molar-refractivity contribution is 0.0793. The van der Waals surface area contributed by atoms with Gasteiger partial charge in [0, 0.05) is 5.54 Å². The van der Waals surface area contributed by atoms with Crippen LogP contribution in [0, 0.1) is 5.92 Å². The fourth-order valence-corrected chi connectivity index (χ4v) is 3.48. The third-order valence-electron chi connectivity index (χ3n) is 4.63. The molecule has 2 rings (SSSR count). The number of hydrogen-bond acceptors (Lipinski definition) is 2. The minimum atomic E-state index is 0.514. The van der Waals surface area contributed by atoms with Gasteiger partial charge >= 0.3 is 0 Å². The molecular formula is C13H26N2. The maximum Gasteiger partial charge on any atom is 0.0230 e. The molecular weight excluding hydrogens is 184 g/mol. The average molecular weight is 210 g/mol. The summed E-state index contributed by atoms with van der Waals surface area (Å²) in [6.07, 6.45) is 10.1. The third kappa shape index (κ3) is 2.54. The molecule has 0 aromatic rings. The van der Waals surface area contributed by atoms with E-state index in [1.807, 2.05) is 0 Å². The molecule has 0 aromatic heterocycles. The first kappa shape index (κ1) is 11.4. The maximum absolute atomic E-state index is 3.49. The van der Waals surface area contributed by atoms with Gasteiger partial charge in [0.05, 0.1) is 0 Å². The number of piperidine rings is 1. The van der Waals surface area contributed by atoms with Crippen LogP contribution in [0.15, 0.2) is 0 Å². The van der Waals surface area contributed by atoms with E-state index < -0.39 is 0 Å². The van der Waals surface area contributed by atoms with Crippen LogP contribution in [0.2, 0.25) is 0 Å². The molecule has 0 bridgehead atoms. The van der Waals surface area contributed by atoms with Gasteiger partial charge in [-0.25, -0.2) is 0 Å². The zero-order valence-electron chi connectivity index (χ0n) is 10.4. The maximum atomic E-state index is 3.49. The lowest BCUT2D eigenvalue weighted by Gasteiger charge is -2.45. The quantitative estimate of drug-likeness (QED) is 0.768. The predicted octanol–water partition coefficient (Wildman–Crippen LogP) is 2.25. The van der Waals surface area contributed by atoms with Crippen LogP contribution in [0.5, 0.6) is 0 Å². The van der Waals surface area contributed by atoms with Gasteiger partial charge in [-0.3, -0.25) is 0 Å². The van der Waals surface area contributed by atoms with Gasteiger partial charge in [-0.2, -0.15) is 0 Å². The molecule has 1 heterocycles. The van der Waals surface area contributed by atoms with Crippen LogP contribution in [-0.2, 0) is 0 Å². The Balaban J connectivity index is 1.97. The number of hydrogen-bond donors (Lipinski definition) is 1. The van der Waals surface area contributed by atoms with Crippen molar-refractivity contribution in [3.8, 4) is 0 Å². The molecule has 0 spiro atoms. The second kappa shape index (κ2) is 4.84. The molecule has 15 heavy (non-hydrogen) atoms. The Bertz CT molecular complexity index is 189. The summed E-state index contributed by atoms with van der Waals surface area (Å²) in [4.78, 5) is 2.51. The van der Waals surface area contributed by atoms with Crippen molar-refractivity contribution in [2.24, 2.45) is 5.92 Å². The Hall–Kier alpha value is -0.0800. The molecule has 0 radical (unpaired) electrons. The Morgan fingerprint density at radius 3 is 2.27 bits per heavy atom. The molecule has 2 heteroatoms. The Kier molecular flexibility index (Phi) is 3.68. The van der Waals surface area contributed by atoms with Crippen LogP contribution in [-0.4, -0.2) is 37.6 Å². The normalized spacial score (nSPS) is 27.4. The molecule has 88 valence electrons. The van der Waals surface area contributed by atoms with E-state index in [9.17, 15) is 0 Å². The van der Waals surface area contributed by atoms with E-state index in [1.165, 1.54) is 58.0 Å². The van der Waals surface area contributed by atoms with E-state index in [4.69, 9.17) is 0 Å². The molecule has 2 fully saturated rings. The van der Waals surface area contributed by atoms with Gasteiger partial charge in [-0.05, 0) is 52.4 Å². The van der Waals surface area contributed by atoms with E-state index in [1.54, 1.807) is 0 Å². The van der Waals surface area contributed by atoms with Gasteiger partial charge in [-0.15, -0.1) is 0 Å². The predicted molar refractivity (Wildman–Crippen MR) is 65.1 cm³/mol. The van der Waals surface area contributed by atoms with Gasteiger partial charge < -0.3 is 10.2 Å². The minimum absolute atomic E-state index is 0.514. The van der Waals surface area contributed by atoms with Crippen LogP contribution >= 0.6 is 0 Å². The molecule has 0 unspecified atom stereocenters. The van der Waals surface area contributed by atoms with Gasteiger partial charge in [0.2, 0.25) is 0 Å². The Labute approximate surface area is 94.4 Å². The van der Waals surface area contributed by atoms with E-state index in [-0.39, 0.29) is 0 Å². The highest BCUT2D eigenvalue weighted by atomic mass is 15.2. The van der Waals surface area contributed by atoms with Crippen LogP contribution in [0.4, 0.5) is 0 Å². The van der Waals surface area contributed by atoms with E-state index in [2.05, 4.69) is 24.3 Å². The topological polar surface area (TPSA) is 15.3 Å². The molecule has 0 amide bonds. The first-order chi connectivity index (χ1) is 7.23. The van der Waals surface area contributed by atoms with E-state index in [0.717, 1.165) is 5.92 Å². The van der Waals surface area contributed by atoms with Crippen molar-refractivity contribution in [3.63, 3.8) is 0 Å². The van der Waals surface area contributed by atoms with Crippen LogP contribution < -0.4 is 5.32 Å². The summed E-state index contributed by atoms with van der Waals surface area (Å²) in [5.74, 6) is 1.02. The molecule has 1 saturated carbocycles. The number of rotatable bonds is 3. The average Bonchev–Trinajstić information content (AvgIpc) is 2.71. The monoisotopic (exact) mass is 210 g/mol. The van der Waals surface area contributed by atoms with Gasteiger partial charge in [0.15, 0.2) is 0 Å². The van der Waals surface area contributed by atoms with Gasteiger partial charge in [-0.1, -0.05) is 25.7 Å². The summed E-state index contributed by atoms with van der Waals surface area (Å²) in [6, 6.07) is 0. The van der Waals surface area contributed by atoms with Crippen LogP contribution in [0.1, 0.15) is 44.9 Å². The van der Waals surface area contributed by atoms with Crippen LogP contribution in [0.25, 0.3) is 0 Å². The summed E-state index contributed by atoms with van der Waals surface area (Å²) >= 11 is 0. The van der Waals surface area contributed by atoms with Crippen molar-refractivity contribution in [1.82, 2.24) is 10.2 Å². The second-order valence-corrected chi connectivity index (χ2v) is 5.72. The fraction of sp³-hybridized carbons (Fsp3) is 1.00. The van der Waals surface area contributed by atoms with Crippen molar-refractivity contribution < 1.29 is 0 Å². The van der Waals surface area contributed by atoms with Crippen molar-refractivity contribution in [3.05, 3.63) is 0 Å².